The molecule has 1 aromatic rings. The van der Waals surface area contributed by atoms with Gasteiger partial charge in [-0.1, -0.05) is 12.1 Å². The van der Waals surface area contributed by atoms with E-state index in [0.29, 0.717) is 45.4 Å². The summed E-state index contributed by atoms with van der Waals surface area (Å²) in [6.45, 7) is 7.24. The standard InChI is InChI=1S/C19H32N4O4/c1-5-20-19(23-14-18(24)21-8-9-25-3)22-13-16-7-6-15(2)12-17(16)27-11-10-26-4/h6-7,12H,5,8-11,13-14H2,1-4H3,(H,21,24)(H2,20,22,23). The van der Waals surface area contributed by atoms with E-state index < -0.39 is 0 Å². The van der Waals surface area contributed by atoms with Gasteiger partial charge in [-0.3, -0.25) is 4.79 Å². The Hall–Kier alpha value is -2.32. The molecule has 1 rings (SSSR count). The van der Waals surface area contributed by atoms with Crippen LogP contribution < -0.4 is 20.7 Å². The molecule has 0 saturated carbocycles. The van der Waals surface area contributed by atoms with Gasteiger partial charge in [-0.05, 0) is 25.5 Å². The van der Waals surface area contributed by atoms with Crippen molar-refractivity contribution in [2.24, 2.45) is 4.99 Å². The van der Waals surface area contributed by atoms with Crippen molar-refractivity contribution in [1.82, 2.24) is 16.0 Å². The van der Waals surface area contributed by atoms with E-state index in [-0.39, 0.29) is 12.5 Å². The van der Waals surface area contributed by atoms with E-state index in [1.165, 1.54) is 0 Å². The number of aliphatic imine (C=N–C) groups is 1. The van der Waals surface area contributed by atoms with Gasteiger partial charge in [-0.2, -0.15) is 0 Å². The SMILES string of the molecule is CCNC(=NCc1ccc(C)cc1OCCOC)NCC(=O)NCCOC. The Labute approximate surface area is 161 Å². The van der Waals surface area contributed by atoms with Gasteiger partial charge in [0.15, 0.2) is 5.96 Å². The molecule has 0 unspecified atom stereocenters. The summed E-state index contributed by atoms with van der Waals surface area (Å²) in [5.74, 6) is 1.25. The molecule has 3 N–H and O–H groups in total. The lowest BCUT2D eigenvalue weighted by Crippen LogP contribution is -2.43. The number of carbonyl (C=O) groups excluding carboxylic acids is 1. The summed E-state index contributed by atoms with van der Waals surface area (Å²) >= 11 is 0. The summed E-state index contributed by atoms with van der Waals surface area (Å²) < 4.78 is 15.7. The van der Waals surface area contributed by atoms with Crippen molar-refractivity contribution < 1.29 is 19.0 Å². The highest BCUT2D eigenvalue weighted by Gasteiger charge is 2.06. The molecule has 0 aliphatic heterocycles. The highest BCUT2D eigenvalue weighted by molar-refractivity contribution is 5.86. The van der Waals surface area contributed by atoms with Gasteiger partial charge < -0.3 is 30.2 Å². The quantitative estimate of drug-likeness (QED) is 0.283. The molecule has 0 saturated heterocycles. The molecule has 0 radical (unpaired) electrons. The fourth-order valence-corrected chi connectivity index (χ4v) is 2.19. The van der Waals surface area contributed by atoms with E-state index in [9.17, 15) is 4.79 Å². The summed E-state index contributed by atoms with van der Waals surface area (Å²) in [6.07, 6.45) is 0. The van der Waals surface area contributed by atoms with E-state index in [1.807, 2.05) is 32.0 Å². The number of hydrogen-bond donors (Lipinski definition) is 3. The minimum atomic E-state index is -0.114. The second-order valence-corrected chi connectivity index (χ2v) is 5.84. The van der Waals surface area contributed by atoms with Gasteiger partial charge in [-0.25, -0.2) is 4.99 Å². The maximum Gasteiger partial charge on any atom is 0.239 e. The van der Waals surface area contributed by atoms with Crippen LogP contribution in [0, 0.1) is 6.92 Å². The zero-order valence-electron chi connectivity index (χ0n) is 16.8. The van der Waals surface area contributed by atoms with Gasteiger partial charge in [0.2, 0.25) is 5.91 Å². The van der Waals surface area contributed by atoms with Gasteiger partial charge in [0.25, 0.3) is 0 Å². The number of nitrogens with one attached hydrogen (secondary N) is 3. The highest BCUT2D eigenvalue weighted by atomic mass is 16.5. The molecule has 152 valence electrons. The Morgan fingerprint density at radius 3 is 2.56 bits per heavy atom. The topological polar surface area (TPSA) is 93.2 Å². The highest BCUT2D eigenvalue weighted by Crippen LogP contribution is 2.21. The lowest BCUT2D eigenvalue weighted by molar-refractivity contribution is -0.120. The van der Waals surface area contributed by atoms with Gasteiger partial charge in [0.1, 0.15) is 12.4 Å². The lowest BCUT2D eigenvalue weighted by atomic mass is 10.1. The first-order valence-corrected chi connectivity index (χ1v) is 9.09. The maximum absolute atomic E-state index is 11.8. The summed E-state index contributed by atoms with van der Waals surface area (Å²) in [5, 5.41) is 8.92. The van der Waals surface area contributed by atoms with Crippen molar-refractivity contribution in [2.45, 2.75) is 20.4 Å². The molecule has 0 heterocycles. The molecule has 0 bridgehead atoms. The summed E-state index contributed by atoms with van der Waals surface area (Å²) in [5.41, 5.74) is 2.09. The second-order valence-electron chi connectivity index (χ2n) is 5.84. The number of guanidine groups is 1. The Bertz CT molecular complexity index is 593. The molecule has 0 spiro atoms. The van der Waals surface area contributed by atoms with Crippen LogP contribution in [0.5, 0.6) is 5.75 Å². The summed E-state index contributed by atoms with van der Waals surface area (Å²) in [7, 11) is 3.24. The Balaban J connectivity index is 2.67. The van der Waals surface area contributed by atoms with E-state index in [0.717, 1.165) is 16.9 Å². The van der Waals surface area contributed by atoms with Gasteiger partial charge in [0.05, 0.1) is 26.3 Å². The molecule has 1 amide bonds. The number of carbonyl (C=O) groups is 1. The number of methoxy groups -OCH3 is 2. The van der Waals surface area contributed by atoms with Crippen LogP contribution in [0.15, 0.2) is 23.2 Å². The predicted molar refractivity (Wildman–Crippen MR) is 106 cm³/mol. The minimum absolute atomic E-state index is 0.114. The van der Waals surface area contributed by atoms with Crippen LogP contribution in [0.3, 0.4) is 0 Å². The number of amides is 1. The molecule has 0 aromatic heterocycles. The minimum Gasteiger partial charge on any atom is -0.491 e. The van der Waals surface area contributed by atoms with Crippen molar-refractivity contribution in [3.05, 3.63) is 29.3 Å². The van der Waals surface area contributed by atoms with Crippen LogP contribution in [0.1, 0.15) is 18.1 Å². The largest absolute Gasteiger partial charge is 0.491 e. The monoisotopic (exact) mass is 380 g/mol. The summed E-state index contributed by atoms with van der Waals surface area (Å²) in [4.78, 5) is 16.3. The number of aryl methyl sites for hydroxylation is 1. The van der Waals surface area contributed by atoms with Crippen LogP contribution in [-0.2, 0) is 20.8 Å². The van der Waals surface area contributed by atoms with Crippen molar-refractivity contribution in [2.75, 3.05) is 53.7 Å². The molecule has 0 atom stereocenters. The fraction of sp³-hybridized carbons (Fsp3) is 0.579. The summed E-state index contributed by atoms with van der Waals surface area (Å²) in [6, 6.07) is 6.02. The third-order valence-electron chi connectivity index (χ3n) is 3.56. The van der Waals surface area contributed by atoms with E-state index in [2.05, 4.69) is 20.9 Å². The molecule has 1 aromatic carbocycles. The number of hydrogen-bond acceptors (Lipinski definition) is 5. The molecule has 27 heavy (non-hydrogen) atoms. The zero-order chi connectivity index (χ0) is 19.9. The molecule has 8 nitrogen and oxygen atoms in total. The first-order chi connectivity index (χ1) is 13.1. The fourth-order valence-electron chi connectivity index (χ4n) is 2.19. The Kier molecular flexibility index (Phi) is 11.6. The van der Waals surface area contributed by atoms with Crippen molar-refractivity contribution in [1.29, 1.82) is 0 Å². The van der Waals surface area contributed by atoms with E-state index in [4.69, 9.17) is 14.2 Å². The first-order valence-electron chi connectivity index (χ1n) is 9.09. The number of rotatable bonds is 12. The molecular weight excluding hydrogens is 348 g/mol. The van der Waals surface area contributed by atoms with Crippen LogP contribution in [0.2, 0.25) is 0 Å². The Morgan fingerprint density at radius 1 is 1.07 bits per heavy atom. The third-order valence-corrected chi connectivity index (χ3v) is 3.56. The van der Waals surface area contributed by atoms with Gasteiger partial charge >= 0.3 is 0 Å². The van der Waals surface area contributed by atoms with Crippen LogP contribution in [0.4, 0.5) is 0 Å². The van der Waals surface area contributed by atoms with Crippen LogP contribution in [-0.4, -0.2) is 65.5 Å². The second kappa shape index (κ2) is 13.8. The molecule has 0 aliphatic rings. The van der Waals surface area contributed by atoms with E-state index >= 15 is 0 Å². The molecule has 0 aliphatic carbocycles. The maximum atomic E-state index is 11.8. The van der Waals surface area contributed by atoms with E-state index in [1.54, 1.807) is 14.2 Å². The molecule has 0 fully saturated rings. The van der Waals surface area contributed by atoms with Gasteiger partial charge in [-0.15, -0.1) is 0 Å². The normalized spacial score (nSPS) is 11.2. The lowest BCUT2D eigenvalue weighted by Gasteiger charge is -2.13. The molecule has 8 heteroatoms. The molecular formula is C19H32N4O4. The number of ether oxygens (including phenoxy) is 3. The predicted octanol–water partition coefficient (Wildman–Crippen LogP) is 0.838. The zero-order valence-corrected chi connectivity index (χ0v) is 16.8. The average Bonchev–Trinajstić information content (AvgIpc) is 2.65. The average molecular weight is 380 g/mol. The van der Waals surface area contributed by atoms with Crippen LogP contribution >= 0.6 is 0 Å². The van der Waals surface area contributed by atoms with Crippen molar-refractivity contribution in [3.8, 4) is 5.75 Å². The Morgan fingerprint density at radius 2 is 1.85 bits per heavy atom. The first kappa shape index (κ1) is 22.7. The van der Waals surface area contributed by atoms with Crippen molar-refractivity contribution in [3.63, 3.8) is 0 Å². The number of nitrogens with zero attached hydrogens (tertiary/aromatic N) is 1. The number of benzene rings is 1. The van der Waals surface area contributed by atoms with Crippen LogP contribution in [0.25, 0.3) is 0 Å². The van der Waals surface area contributed by atoms with Crippen molar-refractivity contribution >= 4 is 11.9 Å². The van der Waals surface area contributed by atoms with Gasteiger partial charge in [0, 0.05) is 32.9 Å². The smallest absolute Gasteiger partial charge is 0.239 e. The third kappa shape index (κ3) is 9.81.